The number of aryl methyl sites for hydroxylation is 1. The average Bonchev–Trinajstić information content (AvgIpc) is 3.38. The number of benzene rings is 1. The standard InChI is InChI=1S/C28H43N5O/c1-8-11-12-13-17-28(6,16-9-2)24(34)20-14-15-21-22(18-20)30-25(29-21)26-31-23(19-33(26)7)32-27(4,5)10-3/h14-15,18-19,32H,8-13,16-17H2,1-7H3,(H,29,30). The molecule has 0 fully saturated rings. The van der Waals surface area contributed by atoms with E-state index in [2.05, 4.69) is 51.8 Å². The molecular formula is C28H43N5O. The summed E-state index contributed by atoms with van der Waals surface area (Å²) < 4.78 is 1.98. The quantitative estimate of drug-likeness (QED) is 0.202. The highest BCUT2D eigenvalue weighted by molar-refractivity contribution is 6.02. The summed E-state index contributed by atoms with van der Waals surface area (Å²) in [7, 11) is 1.98. The molecule has 1 unspecified atom stereocenters. The molecule has 1 atom stereocenters. The van der Waals surface area contributed by atoms with Crippen LogP contribution in [0.1, 0.15) is 103 Å². The molecule has 0 bridgehead atoms. The lowest BCUT2D eigenvalue weighted by atomic mass is 9.74. The number of fused-ring (bicyclic) bond motifs is 1. The van der Waals surface area contributed by atoms with Gasteiger partial charge in [0.1, 0.15) is 5.82 Å². The average molecular weight is 466 g/mol. The van der Waals surface area contributed by atoms with Crippen molar-refractivity contribution in [2.75, 3.05) is 5.32 Å². The fraction of sp³-hybridized carbons (Fsp3) is 0.607. The number of anilines is 1. The van der Waals surface area contributed by atoms with Crippen molar-refractivity contribution in [3.63, 3.8) is 0 Å². The van der Waals surface area contributed by atoms with Crippen molar-refractivity contribution in [1.82, 2.24) is 19.5 Å². The van der Waals surface area contributed by atoms with Gasteiger partial charge in [0.25, 0.3) is 0 Å². The molecule has 186 valence electrons. The van der Waals surface area contributed by atoms with Gasteiger partial charge in [0, 0.05) is 29.8 Å². The van der Waals surface area contributed by atoms with Gasteiger partial charge in [-0.25, -0.2) is 9.97 Å². The molecule has 6 nitrogen and oxygen atoms in total. The topological polar surface area (TPSA) is 75.6 Å². The van der Waals surface area contributed by atoms with Crippen LogP contribution in [0.2, 0.25) is 0 Å². The number of nitrogens with zero attached hydrogens (tertiary/aromatic N) is 3. The number of ketones is 1. The molecule has 3 aromatic rings. The molecule has 0 amide bonds. The summed E-state index contributed by atoms with van der Waals surface area (Å²) in [5.74, 6) is 2.55. The van der Waals surface area contributed by atoms with Crippen molar-refractivity contribution < 1.29 is 4.79 Å². The van der Waals surface area contributed by atoms with Gasteiger partial charge in [0.2, 0.25) is 0 Å². The number of unbranched alkanes of at least 4 members (excludes halogenated alkanes) is 3. The molecule has 2 N–H and O–H groups in total. The first kappa shape index (κ1) is 26.0. The molecule has 0 spiro atoms. The maximum absolute atomic E-state index is 13.6. The van der Waals surface area contributed by atoms with Crippen molar-refractivity contribution in [3.05, 3.63) is 30.0 Å². The number of aromatic amines is 1. The van der Waals surface area contributed by atoms with E-state index in [1.54, 1.807) is 0 Å². The zero-order chi connectivity index (χ0) is 24.9. The highest BCUT2D eigenvalue weighted by atomic mass is 16.1. The van der Waals surface area contributed by atoms with Gasteiger partial charge < -0.3 is 14.9 Å². The van der Waals surface area contributed by atoms with E-state index >= 15 is 0 Å². The largest absolute Gasteiger partial charge is 0.364 e. The number of Topliss-reactive ketones (excluding diaryl/α,β-unsaturated/α-hetero) is 1. The SMILES string of the molecule is CCCCCCC(C)(CCC)C(=O)c1ccc2nc(-c3nc(NC(C)(C)CC)cn3C)[nH]c2c1. The predicted molar refractivity (Wildman–Crippen MR) is 142 cm³/mol. The third-order valence-electron chi connectivity index (χ3n) is 7.11. The Hall–Kier alpha value is -2.63. The van der Waals surface area contributed by atoms with Crippen molar-refractivity contribution in [2.45, 2.75) is 98.4 Å². The molecule has 2 aromatic heterocycles. The first-order chi connectivity index (χ1) is 16.1. The molecule has 0 aliphatic rings. The van der Waals surface area contributed by atoms with Gasteiger partial charge in [0.05, 0.1) is 11.0 Å². The summed E-state index contributed by atoms with van der Waals surface area (Å²) in [6.07, 6.45) is 10.6. The number of carbonyl (C=O) groups is 1. The monoisotopic (exact) mass is 465 g/mol. The van der Waals surface area contributed by atoms with Gasteiger partial charge in [-0.3, -0.25) is 4.79 Å². The van der Waals surface area contributed by atoms with E-state index in [0.29, 0.717) is 5.82 Å². The number of hydrogen-bond acceptors (Lipinski definition) is 4. The number of rotatable bonds is 13. The molecule has 0 aliphatic heterocycles. The van der Waals surface area contributed by atoms with Crippen LogP contribution in [-0.2, 0) is 7.05 Å². The molecule has 3 rings (SSSR count). The molecule has 2 heterocycles. The van der Waals surface area contributed by atoms with Crippen LogP contribution in [-0.4, -0.2) is 30.8 Å². The first-order valence-electron chi connectivity index (χ1n) is 13.0. The molecule has 0 aliphatic carbocycles. The minimum atomic E-state index is -0.314. The zero-order valence-corrected chi connectivity index (χ0v) is 22.2. The number of aromatic nitrogens is 4. The second-order valence-electron chi connectivity index (χ2n) is 10.7. The highest BCUT2D eigenvalue weighted by Gasteiger charge is 2.32. The van der Waals surface area contributed by atoms with Crippen LogP contribution in [0.3, 0.4) is 0 Å². The van der Waals surface area contributed by atoms with Gasteiger partial charge in [-0.15, -0.1) is 0 Å². The fourth-order valence-corrected chi connectivity index (χ4v) is 4.63. The van der Waals surface area contributed by atoms with Crippen molar-refractivity contribution in [2.24, 2.45) is 12.5 Å². The van der Waals surface area contributed by atoms with Gasteiger partial charge in [-0.2, -0.15) is 0 Å². The second-order valence-corrected chi connectivity index (χ2v) is 10.7. The number of imidazole rings is 2. The lowest BCUT2D eigenvalue weighted by Gasteiger charge is -2.28. The van der Waals surface area contributed by atoms with Gasteiger partial charge >= 0.3 is 0 Å². The molecule has 6 heteroatoms. The van der Waals surface area contributed by atoms with Crippen molar-refractivity contribution >= 4 is 22.6 Å². The Morgan fingerprint density at radius 2 is 1.79 bits per heavy atom. The summed E-state index contributed by atoms with van der Waals surface area (Å²) in [6, 6.07) is 5.86. The Balaban J connectivity index is 1.86. The third kappa shape index (κ3) is 5.89. The van der Waals surface area contributed by atoms with Crippen molar-refractivity contribution in [1.29, 1.82) is 0 Å². The summed E-state index contributed by atoms with van der Waals surface area (Å²) in [6.45, 7) is 13.0. The molecule has 0 radical (unpaired) electrons. The van der Waals surface area contributed by atoms with E-state index in [1.807, 2.05) is 36.0 Å². The highest BCUT2D eigenvalue weighted by Crippen LogP contribution is 2.35. The summed E-state index contributed by atoms with van der Waals surface area (Å²) >= 11 is 0. The van der Waals surface area contributed by atoms with E-state index in [4.69, 9.17) is 9.97 Å². The maximum Gasteiger partial charge on any atom is 0.178 e. The molecule has 0 saturated carbocycles. The smallest absolute Gasteiger partial charge is 0.178 e. The number of carbonyl (C=O) groups excluding carboxylic acids is 1. The number of H-pyrrole nitrogens is 1. The van der Waals surface area contributed by atoms with Crippen LogP contribution in [0, 0.1) is 5.41 Å². The van der Waals surface area contributed by atoms with Crippen LogP contribution in [0.5, 0.6) is 0 Å². The van der Waals surface area contributed by atoms with E-state index in [1.165, 1.54) is 19.3 Å². The Labute approximate surface area is 205 Å². The molecule has 34 heavy (non-hydrogen) atoms. The molecule has 1 aromatic carbocycles. The lowest BCUT2D eigenvalue weighted by Crippen LogP contribution is -2.29. The summed E-state index contributed by atoms with van der Waals surface area (Å²) in [5, 5.41) is 3.49. The number of nitrogens with one attached hydrogen (secondary N) is 2. The normalized spacial score (nSPS) is 13.9. The maximum atomic E-state index is 13.6. The molecular weight excluding hydrogens is 422 g/mol. The zero-order valence-electron chi connectivity index (χ0n) is 22.2. The predicted octanol–water partition coefficient (Wildman–Crippen LogP) is 7.52. The van der Waals surface area contributed by atoms with E-state index < -0.39 is 0 Å². The van der Waals surface area contributed by atoms with Gasteiger partial charge in [0.15, 0.2) is 17.4 Å². The first-order valence-corrected chi connectivity index (χ1v) is 13.0. The molecule has 0 saturated heterocycles. The van der Waals surface area contributed by atoms with E-state index in [0.717, 1.165) is 60.3 Å². The van der Waals surface area contributed by atoms with Crippen LogP contribution in [0.25, 0.3) is 22.7 Å². The lowest BCUT2D eigenvalue weighted by molar-refractivity contribution is 0.0781. The van der Waals surface area contributed by atoms with Crippen molar-refractivity contribution in [3.8, 4) is 11.6 Å². The Bertz CT molecular complexity index is 1110. The Morgan fingerprint density at radius 1 is 1.03 bits per heavy atom. The third-order valence-corrected chi connectivity index (χ3v) is 7.11. The Morgan fingerprint density at radius 3 is 2.47 bits per heavy atom. The minimum Gasteiger partial charge on any atom is -0.364 e. The van der Waals surface area contributed by atoms with Gasteiger partial charge in [-0.05, 0) is 51.3 Å². The van der Waals surface area contributed by atoms with Crippen LogP contribution in [0.15, 0.2) is 24.4 Å². The summed E-state index contributed by atoms with van der Waals surface area (Å²) in [4.78, 5) is 26.5. The summed E-state index contributed by atoms with van der Waals surface area (Å²) in [5.41, 5.74) is 2.14. The van der Waals surface area contributed by atoms with E-state index in [9.17, 15) is 4.79 Å². The van der Waals surface area contributed by atoms with Crippen LogP contribution in [0.4, 0.5) is 5.82 Å². The minimum absolute atomic E-state index is 0.0313. The van der Waals surface area contributed by atoms with E-state index in [-0.39, 0.29) is 16.7 Å². The second kappa shape index (κ2) is 10.7. The number of hydrogen-bond donors (Lipinski definition) is 2. The Kier molecular flexibility index (Phi) is 8.21. The van der Waals surface area contributed by atoms with Gasteiger partial charge in [-0.1, -0.05) is 59.8 Å². The van der Waals surface area contributed by atoms with Crippen LogP contribution < -0.4 is 5.32 Å². The fourth-order valence-electron chi connectivity index (χ4n) is 4.63. The van der Waals surface area contributed by atoms with Crippen LogP contribution >= 0.6 is 0 Å².